The summed E-state index contributed by atoms with van der Waals surface area (Å²) in [5, 5.41) is 9.35. The Hall–Kier alpha value is -1.92. The topological polar surface area (TPSA) is 76.1 Å². The Morgan fingerprint density at radius 3 is 2.38 bits per heavy atom. The fraction of sp³-hybridized carbons (Fsp3) is 0.467. The zero-order valence-electron chi connectivity index (χ0n) is 12.5. The molecule has 0 radical (unpaired) electrons. The minimum Gasteiger partial charge on any atom is -0.467 e. The lowest BCUT2D eigenvalue weighted by Crippen LogP contribution is -2.45. The van der Waals surface area contributed by atoms with Crippen LogP contribution in [0.15, 0.2) is 24.3 Å². The Morgan fingerprint density at radius 2 is 1.86 bits per heavy atom. The molecule has 1 atom stereocenters. The Balaban J connectivity index is 3.01. The molecule has 0 heterocycles. The van der Waals surface area contributed by atoms with Crippen molar-refractivity contribution in [2.75, 3.05) is 20.8 Å². The monoisotopic (exact) mass is 295 g/mol. The number of benzene rings is 1. The molecule has 116 valence electrons. The van der Waals surface area contributed by atoms with Crippen LogP contribution in [0.3, 0.4) is 0 Å². The van der Waals surface area contributed by atoms with Gasteiger partial charge in [0.05, 0.1) is 13.7 Å². The van der Waals surface area contributed by atoms with Gasteiger partial charge in [-0.25, -0.2) is 4.79 Å². The van der Waals surface area contributed by atoms with Crippen LogP contribution in [0.1, 0.15) is 18.1 Å². The predicted molar refractivity (Wildman–Crippen MR) is 76.3 cm³/mol. The predicted octanol–water partition coefficient (Wildman–Crippen LogP) is 0.715. The standard InChI is InChI=1S/C15H21NO5/c1-11(15(19)21-3)16(14(18)10-20-2)8-12-6-4-5-7-13(12)9-17/h4-7,11,17H,8-10H2,1-3H3/t11-/m0/s1. The molecule has 0 spiro atoms. The zero-order chi connectivity index (χ0) is 15.8. The molecule has 0 bridgehead atoms. The number of carbonyl (C=O) groups excluding carboxylic acids is 2. The van der Waals surface area contributed by atoms with Crippen molar-refractivity contribution >= 4 is 11.9 Å². The van der Waals surface area contributed by atoms with Gasteiger partial charge in [-0.15, -0.1) is 0 Å². The van der Waals surface area contributed by atoms with Crippen molar-refractivity contribution in [1.82, 2.24) is 4.90 Å². The highest BCUT2D eigenvalue weighted by Gasteiger charge is 2.27. The molecule has 0 aliphatic heterocycles. The summed E-state index contributed by atoms with van der Waals surface area (Å²) in [6, 6.07) is 6.47. The maximum absolute atomic E-state index is 12.1. The normalized spacial score (nSPS) is 11.8. The lowest BCUT2D eigenvalue weighted by atomic mass is 10.1. The van der Waals surface area contributed by atoms with Crippen LogP contribution in [-0.2, 0) is 32.2 Å². The highest BCUT2D eigenvalue weighted by Crippen LogP contribution is 2.15. The summed E-state index contributed by atoms with van der Waals surface area (Å²) in [4.78, 5) is 25.2. The third-order valence-corrected chi connectivity index (χ3v) is 3.23. The van der Waals surface area contributed by atoms with Crippen molar-refractivity contribution in [3.05, 3.63) is 35.4 Å². The van der Waals surface area contributed by atoms with Gasteiger partial charge in [0.1, 0.15) is 12.6 Å². The molecule has 0 aliphatic carbocycles. The minimum absolute atomic E-state index is 0.122. The first-order valence-corrected chi connectivity index (χ1v) is 6.59. The lowest BCUT2D eigenvalue weighted by Gasteiger charge is -2.28. The third-order valence-electron chi connectivity index (χ3n) is 3.23. The van der Waals surface area contributed by atoms with Gasteiger partial charge in [0.2, 0.25) is 5.91 Å². The number of amides is 1. The van der Waals surface area contributed by atoms with Gasteiger partial charge in [-0.3, -0.25) is 4.79 Å². The molecule has 0 aliphatic rings. The Morgan fingerprint density at radius 1 is 1.24 bits per heavy atom. The van der Waals surface area contributed by atoms with Crippen molar-refractivity contribution < 1.29 is 24.2 Å². The minimum atomic E-state index is -0.732. The van der Waals surface area contributed by atoms with Crippen LogP contribution in [0.5, 0.6) is 0 Å². The summed E-state index contributed by atoms with van der Waals surface area (Å²) < 4.78 is 9.54. The number of rotatable bonds is 7. The van der Waals surface area contributed by atoms with E-state index in [0.29, 0.717) is 5.56 Å². The molecule has 1 rings (SSSR count). The van der Waals surface area contributed by atoms with E-state index < -0.39 is 12.0 Å². The molecule has 0 saturated carbocycles. The number of carbonyl (C=O) groups is 2. The smallest absolute Gasteiger partial charge is 0.328 e. The van der Waals surface area contributed by atoms with E-state index in [-0.39, 0.29) is 25.7 Å². The van der Waals surface area contributed by atoms with Crippen LogP contribution in [0.4, 0.5) is 0 Å². The first kappa shape index (κ1) is 17.1. The molecule has 0 aromatic heterocycles. The van der Waals surface area contributed by atoms with E-state index in [2.05, 4.69) is 0 Å². The fourth-order valence-electron chi connectivity index (χ4n) is 1.99. The van der Waals surface area contributed by atoms with E-state index in [4.69, 9.17) is 9.47 Å². The molecule has 0 saturated heterocycles. The Bertz CT molecular complexity index is 489. The van der Waals surface area contributed by atoms with E-state index in [1.54, 1.807) is 19.1 Å². The van der Waals surface area contributed by atoms with Crippen LogP contribution >= 0.6 is 0 Å². The van der Waals surface area contributed by atoms with E-state index in [9.17, 15) is 14.7 Å². The second-order valence-corrected chi connectivity index (χ2v) is 4.58. The number of hydrogen-bond donors (Lipinski definition) is 1. The van der Waals surface area contributed by atoms with Crippen LogP contribution < -0.4 is 0 Å². The van der Waals surface area contributed by atoms with Crippen molar-refractivity contribution in [3.63, 3.8) is 0 Å². The van der Waals surface area contributed by atoms with E-state index in [1.165, 1.54) is 19.1 Å². The van der Waals surface area contributed by atoms with Crippen LogP contribution in [0.2, 0.25) is 0 Å². The molecular formula is C15H21NO5. The van der Waals surface area contributed by atoms with Gasteiger partial charge in [-0.05, 0) is 18.1 Å². The number of nitrogens with zero attached hydrogens (tertiary/aromatic N) is 1. The summed E-state index contributed by atoms with van der Waals surface area (Å²) in [6.45, 7) is 1.55. The summed E-state index contributed by atoms with van der Waals surface area (Å²) in [5.74, 6) is -0.816. The number of aliphatic hydroxyl groups excluding tert-OH is 1. The number of methoxy groups -OCH3 is 2. The fourth-order valence-corrected chi connectivity index (χ4v) is 1.99. The third kappa shape index (κ3) is 4.54. The molecule has 0 unspecified atom stereocenters. The van der Waals surface area contributed by atoms with Gasteiger partial charge in [0, 0.05) is 13.7 Å². The summed E-state index contributed by atoms with van der Waals surface area (Å²) >= 11 is 0. The number of hydrogen-bond acceptors (Lipinski definition) is 5. The van der Waals surface area contributed by atoms with Crippen molar-refractivity contribution in [2.45, 2.75) is 26.1 Å². The first-order chi connectivity index (χ1) is 10.0. The molecule has 0 fully saturated rings. The van der Waals surface area contributed by atoms with Gasteiger partial charge < -0.3 is 19.5 Å². The average Bonchev–Trinajstić information content (AvgIpc) is 2.51. The van der Waals surface area contributed by atoms with Crippen molar-refractivity contribution in [1.29, 1.82) is 0 Å². The molecule has 1 aromatic rings. The molecular weight excluding hydrogens is 274 g/mol. The molecule has 21 heavy (non-hydrogen) atoms. The van der Waals surface area contributed by atoms with Crippen LogP contribution in [-0.4, -0.2) is 48.8 Å². The quantitative estimate of drug-likeness (QED) is 0.750. The van der Waals surface area contributed by atoms with Gasteiger partial charge in [0.25, 0.3) is 0 Å². The molecule has 6 nitrogen and oxygen atoms in total. The van der Waals surface area contributed by atoms with Gasteiger partial charge in [-0.2, -0.15) is 0 Å². The van der Waals surface area contributed by atoms with E-state index in [1.807, 2.05) is 12.1 Å². The maximum Gasteiger partial charge on any atom is 0.328 e. The zero-order valence-corrected chi connectivity index (χ0v) is 12.5. The molecule has 1 aromatic carbocycles. The lowest BCUT2D eigenvalue weighted by molar-refractivity contribution is -0.154. The second-order valence-electron chi connectivity index (χ2n) is 4.58. The summed E-state index contributed by atoms with van der Waals surface area (Å²) in [7, 11) is 2.69. The summed E-state index contributed by atoms with van der Waals surface area (Å²) in [6.07, 6.45) is 0. The van der Waals surface area contributed by atoms with Crippen LogP contribution in [0.25, 0.3) is 0 Å². The first-order valence-electron chi connectivity index (χ1n) is 6.59. The molecule has 6 heteroatoms. The van der Waals surface area contributed by atoms with Crippen molar-refractivity contribution in [3.8, 4) is 0 Å². The summed E-state index contributed by atoms with van der Waals surface area (Å²) in [5.41, 5.74) is 1.49. The highest BCUT2D eigenvalue weighted by atomic mass is 16.5. The molecule has 1 amide bonds. The van der Waals surface area contributed by atoms with Gasteiger partial charge >= 0.3 is 5.97 Å². The average molecular weight is 295 g/mol. The largest absolute Gasteiger partial charge is 0.467 e. The highest BCUT2D eigenvalue weighted by molar-refractivity contribution is 5.84. The second kappa shape index (κ2) is 8.39. The van der Waals surface area contributed by atoms with Crippen molar-refractivity contribution in [2.24, 2.45) is 0 Å². The number of esters is 1. The maximum atomic E-state index is 12.1. The SMILES string of the molecule is COCC(=O)N(Cc1ccccc1CO)[C@@H](C)C(=O)OC. The Labute approximate surface area is 124 Å². The Kier molecular flexibility index (Phi) is 6.84. The van der Waals surface area contributed by atoms with E-state index in [0.717, 1.165) is 5.56 Å². The number of aliphatic hydroxyl groups is 1. The van der Waals surface area contributed by atoms with Gasteiger partial charge in [0.15, 0.2) is 0 Å². The molecule has 1 N–H and O–H groups in total. The number of ether oxygens (including phenoxy) is 2. The van der Waals surface area contributed by atoms with E-state index >= 15 is 0 Å². The van der Waals surface area contributed by atoms with Crippen LogP contribution in [0, 0.1) is 0 Å². The van der Waals surface area contributed by atoms with Gasteiger partial charge in [-0.1, -0.05) is 24.3 Å².